The molecule has 0 bridgehead atoms. The number of aliphatic carboxylic acids is 1. The number of aromatic amines is 1. The standard InChI is InChI=1S/C28H30N4O5S.C2HF3O2/c1-2-38(35,36)32-10-8-19(9-11-32)24-17-30-26-22(24)14-21(15-23(26)27(29)33)20-6-3-5-18(13-20)16-31-28(34)25-7-4-12-37-25;3-2(4,5)1(6)7/h3-7,12-15,17,19,30H,2,8-11,16H2,1H3,(H2,29,33)(H,31,34);(H,6,7). The van der Waals surface area contributed by atoms with E-state index in [-0.39, 0.29) is 23.3 Å². The molecule has 0 radical (unpaired) electrons. The highest BCUT2D eigenvalue weighted by Crippen LogP contribution is 2.37. The van der Waals surface area contributed by atoms with Gasteiger partial charge in [0.05, 0.1) is 23.1 Å². The van der Waals surface area contributed by atoms with Crippen LogP contribution < -0.4 is 11.1 Å². The van der Waals surface area contributed by atoms with Gasteiger partial charge >= 0.3 is 12.1 Å². The number of furan rings is 1. The number of hydrogen-bond donors (Lipinski definition) is 4. The molecule has 5 rings (SSSR count). The molecule has 1 saturated heterocycles. The molecule has 15 heteroatoms. The number of primary amides is 1. The number of amides is 2. The second-order valence-electron chi connectivity index (χ2n) is 10.3. The van der Waals surface area contributed by atoms with Gasteiger partial charge in [-0.15, -0.1) is 0 Å². The number of aromatic nitrogens is 1. The molecule has 11 nitrogen and oxygen atoms in total. The molecule has 45 heavy (non-hydrogen) atoms. The third kappa shape index (κ3) is 7.91. The van der Waals surface area contributed by atoms with Crippen molar-refractivity contribution in [2.24, 2.45) is 5.73 Å². The van der Waals surface area contributed by atoms with Crippen LogP contribution in [0.2, 0.25) is 0 Å². The van der Waals surface area contributed by atoms with E-state index in [1.165, 1.54) is 6.26 Å². The SMILES string of the molecule is CCS(=O)(=O)N1CCC(c2c[nH]c3c(C(N)=O)cc(-c4cccc(CNC(=O)c5ccco5)c4)cc23)CC1.O=C(O)C(F)(F)F. The van der Waals surface area contributed by atoms with Crippen LogP contribution in [-0.4, -0.2) is 65.6 Å². The zero-order valence-electron chi connectivity index (χ0n) is 24.1. The van der Waals surface area contributed by atoms with Crippen LogP contribution in [0.3, 0.4) is 0 Å². The van der Waals surface area contributed by atoms with Crippen LogP contribution >= 0.6 is 0 Å². The van der Waals surface area contributed by atoms with Crippen LogP contribution in [-0.2, 0) is 21.4 Å². The lowest BCUT2D eigenvalue weighted by molar-refractivity contribution is -0.192. The number of halogens is 3. The number of fused-ring (bicyclic) bond motifs is 1. The fraction of sp³-hybridized carbons (Fsp3) is 0.300. The molecule has 1 aliphatic heterocycles. The highest BCUT2D eigenvalue weighted by atomic mass is 32.2. The number of carbonyl (C=O) groups excluding carboxylic acids is 2. The van der Waals surface area contributed by atoms with E-state index in [4.69, 9.17) is 20.1 Å². The summed E-state index contributed by atoms with van der Waals surface area (Å²) in [5, 5.41) is 10.9. The van der Waals surface area contributed by atoms with E-state index in [0.29, 0.717) is 43.6 Å². The summed E-state index contributed by atoms with van der Waals surface area (Å²) < 4.78 is 63.0. The molecule has 0 atom stereocenters. The van der Waals surface area contributed by atoms with Crippen molar-refractivity contribution in [2.45, 2.75) is 38.4 Å². The first kappa shape index (κ1) is 33.3. The first-order valence-electron chi connectivity index (χ1n) is 13.8. The normalized spacial score (nSPS) is 14.5. The molecule has 0 aliphatic carbocycles. The van der Waals surface area contributed by atoms with E-state index < -0.39 is 28.1 Å². The van der Waals surface area contributed by atoms with Crippen molar-refractivity contribution in [3.05, 3.63) is 83.4 Å². The smallest absolute Gasteiger partial charge is 0.475 e. The Balaban J connectivity index is 0.000000591. The van der Waals surface area contributed by atoms with Crippen molar-refractivity contribution in [1.82, 2.24) is 14.6 Å². The van der Waals surface area contributed by atoms with Crippen molar-refractivity contribution in [3.8, 4) is 11.1 Å². The maximum atomic E-state index is 12.4. The highest BCUT2D eigenvalue weighted by Gasteiger charge is 2.38. The summed E-state index contributed by atoms with van der Waals surface area (Å²) in [5.74, 6) is -3.08. The zero-order valence-corrected chi connectivity index (χ0v) is 24.9. The molecule has 4 aromatic rings. The van der Waals surface area contributed by atoms with E-state index in [1.54, 1.807) is 29.4 Å². The molecule has 3 heterocycles. The highest BCUT2D eigenvalue weighted by molar-refractivity contribution is 7.89. The topological polar surface area (TPSA) is 176 Å². The predicted molar refractivity (Wildman–Crippen MR) is 159 cm³/mol. The average molecular weight is 649 g/mol. The Morgan fingerprint density at radius 1 is 1.09 bits per heavy atom. The third-order valence-corrected chi connectivity index (χ3v) is 9.32. The quantitative estimate of drug-likeness (QED) is 0.216. The van der Waals surface area contributed by atoms with Gasteiger partial charge in [0.2, 0.25) is 10.0 Å². The van der Waals surface area contributed by atoms with Gasteiger partial charge in [-0.3, -0.25) is 9.59 Å². The summed E-state index contributed by atoms with van der Waals surface area (Å²) >= 11 is 0. The number of carbonyl (C=O) groups is 3. The van der Waals surface area contributed by atoms with Crippen molar-refractivity contribution in [1.29, 1.82) is 0 Å². The van der Waals surface area contributed by atoms with E-state index in [9.17, 15) is 31.2 Å². The zero-order chi connectivity index (χ0) is 32.9. The van der Waals surface area contributed by atoms with Crippen molar-refractivity contribution >= 4 is 38.7 Å². The lowest BCUT2D eigenvalue weighted by atomic mass is 9.88. The minimum atomic E-state index is -5.08. The van der Waals surface area contributed by atoms with Crippen molar-refractivity contribution in [2.75, 3.05) is 18.8 Å². The van der Waals surface area contributed by atoms with E-state index >= 15 is 0 Å². The van der Waals surface area contributed by atoms with Crippen LogP contribution in [0.15, 0.2) is 65.4 Å². The molecule has 0 saturated carbocycles. The predicted octanol–water partition coefficient (Wildman–Crippen LogP) is 4.62. The van der Waals surface area contributed by atoms with Gasteiger partial charge in [0.25, 0.3) is 11.8 Å². The molecule has 1 fully saturated rings. The Hall–Kier alpha value is -4.63. The summed E-state index contributed by atoms with van der Waals surface area (Å²) in [6.07, 6.45) is -0.315. The Labute approximate surface area is 256 Å². The van der Waals surface area contributed by atoms with Gasteiger partial charge in [-0.25, -0.2) is 17.5 Å². The van der Waals surface area contributed by atoms with Crippen molar-refractivity contribution in [3.63, 3.8) is 0 Å². The summed E-state index contributed by atoms with van der Waals surface area (Å²) in [6.45, 7) is 2.92. The molecule has 5 N–H and O–H groups in total. The second kappa shape index (κ2) is 13.6. The fourth-order valence-corrected chi connectivity index (χ4v) is 6.25. The lowest BCUT2D eigenvalue weighted by Crippen LogP contribution is -2.38. The minimum absolute atomic E-state index is 0.0989. The van der Waals surface area contributed by atoms with Gasteiger partial charge in [-0.05, 0) is 78.3 Å². The van der Waals surface area contributed by atoms with E-state index in [2.05, 4.69) is 10.3 Å². The minimum Gasteiger partial charge on any atom is -0.475 e. The monoisotopic (exact) mass is 648 g/mol. The first-order valence-corrected chi connectivity index (χ1v) is 15.5. The first-order chi connectivity index (χ1) is 21.2. The number of alkyl halides is 3. The molecule has 0 unspecified atom stereocenters. The van der Waals surface area contributed by atoms with Gasteiger partial charge in [0.15, 0.2) is 5.76 Å². The van der Waals surface area contributed by atoms with Crippen LogP contribution in [0, 0.1) is 0 Å². The number of nitrogens with two attached hydrogens (primary N) is 1. The number of carboxylic acid groups (broad SMARTS) is 1. The Bertz CT molecular complexity index is 1790. The Morgan fingerprint density at radius 2 is 1.78 bits per heavy atom. The summed E-state index contributed by atoms with van der Waals surface area (Å²) in [5.41, 5.74) is 10.5. The van der Waals surface area contributed by atoms with Gasteiger partial charge in [-0.2, -0.15) is 13.2 Å². The number of benzene rings is 2. The van der Waals surface area contributed by atoms with Crippen molar-refractivity contribution < 1.29 is 45.5 Å². The maximum absolute atomic E-state index is 12.4. The largest absolute Gasteiger partial charge is 0.490 e. The number of H-pyrrole nitrogens is 1. The van der Waals surface area contributed by atoms with Gasteiger partial charge in [0.1, 0.15) is 0 Å². The second-order valence-corrected chi connectivity index (χ2v) is 12.5. The maximum Gasteiger partial charge on any atom is 0.490 e. The molecule has 2 aromatic carbocycles. The van der Waals surface area contributed by atoms with Crippen LogP contribution in [0.25, 0.3) is 22.0 Å². The van der Waals surface area contributed by atoms with E-state index in [1.807, 2.05) is 36.5 Å². The molecule has 240 valence electrons. The number of sulfonamides is 1. The Morgan fingerprint density at radius 3 is 2.36 bits per heavy atom. The van der Waals surface area contributed by atoms with Gasteiger partial charge in [-0.1, -0.05) is 18.2 Å². The summed E-state index contributed by atoms with van der Waals surface area (Å²) in [6, 6.07) is 14.8. The third-order valence-electron chi connectivity index (χ3n) is 7.44. The number of piperidine rings is 1. The number of hydrogen-bond acceptors (Lipinski definition) is 6. The lowest BCUT2D eigenvalue weighted by Gasteiger charge is -2.31. The van der Waals surface area contributed by atoms with Crippen LogP contribution in [0.5, 0.6) is 0 Å². The molecule has 0 spiro atoms. The van der Waals surface area contributed by atoms with Gasteiger partial charge in [0, 0.05) is 31.2 Å². The Kier molecular flexibility index (Phi) is 10.0. The molecule has 1 aliphatic rings. The summed E-state index contributed by atoms with van der Waals surface area (Å²) in [7, 11) is -3.21. The molecule has 2 amide bonds. The number of carboxylic acids is 1. The van der Waals surface area contributed by atoms with Gasteiger partial charge < -0.3 is 25.6 Å². The van der Waals surface area contributed by atoms with E-state index in [0.717, 1.165) is 27.6 Å². The average Bonchev–Trinajstić information content (AvgIpc) is 3.70. The van der Waals surface area contributed by atoms with Crippen LogP contribution in [0.1, 0.15) is 57.7 Å². The fourth-order valence-electron chi connectivity index (χ4n) is 5.12. The number of nitrogens with one attached hydrogen (secondary N) is 2. The number of nitrogens with zero attached hydrogens (tertiary/aromatic N) is 1. The molecular formula is C30H31F3N4O7S. The van der Waals surface area contributed by atoms with Crippen LogP contribution in [0.4, 0.5) is 13.2 Å². The summed E-state index contributed by atoms with van der Waals surface area (Å²) in [4.78, 5) is 36.8. The molecule has 2 aromatic heterocycles. The number of rotatable bonds is 8. The molecular weight excluding hydrogens is 617 g/mol.